The first-order chi connectivity index (χ1) is 8.61. The van der Waals surface area contributed by atoms with Crippen LogP contribution in [0.3, 0.4) is 0 Å². The van der Waals surface area contributed by atoms with Crippen molar-refractivity contribution in [3.05, 3.63) is 58.1 Å². The lowest BCUT2D eigenvalue weighted by molar-refractivity contribution is 0.0601. The highest BCUT2D eigenvalue weighted by molar-refractivity contribution is 6.31. The minimum Gasteiger partial charge on any atom is -0.465 e. The van der Waals surface area contributed by atoms with Gasteiger partial charge in [-0.05, 0) is 41.5 Å². The van der Waals surface area contributed by atoms with Gasteiger partial charge in [-0.25, -0.2) is 4.79 Å². The van der Waals surface area contributed by atoms with Crippen LogP contribution in [-0.4, -0.2) is 13.1 Å². The Kier molecular flexibility index (Phi) is 3.90. The molecule has 0 aliphatic rings. The van der Waals surface area contributed by atoms with Crippen LogP contribution in [0, 0.1) is 0 Å². The molecule has 0 saturated carbocycles. The standard InChI is InChI=1S/C14H10Cl2O2/c1-18-14(17)12-7-6-11(16)8-13(12)9-2-4-10(15)5-3-9/h2-8H,1H3. The van der Waals surface area contributed by atoms with E-state index in [0.29, 0.717) is 15.6 Å². The number of methoxy groups -OCH3 is 1. The molecule has 2 aromatic rings. The van der Waals surface area contributed by atoms with Crippen LogP contribution >= 0.6 is 23.2 Å². The molecule has 0 atom stereocenters. The normalized spacial score (nSPS) is 10.2. The number of carbonyl (C=O) groups is 1. The van der Waals surface area contributed by atoms with Crippen molar-refractivity contribution in [2.45, 2.75) is 0 Å². The molecular weight excluding hydrogens is 271 g/mol. The Balaban J connectivity index is 2.57. The molecule has 0 heterocycles. The van der Waals surface area contributed by atoms with Gasteiger partial charge in [0.1, 0.15) is 0 Å². The van der Waals surface area contributed by atoms with E-state index in [1.807, 2.05) is 12.1 Å². The summed E-state index contributed by atoms with van der Waals surface area (Å²) in [5.41, 5.74) is 2.07. The molecule has 4 heteroatoms. The number of benzene rings is 2. The Hall–Kier alpha value is -1.51. The van der Waals surface area contributed by atoms with Gasteiger partial charge in [-0.2, -0.15) is 0 Å². The molecule has 2 rings (SSSR count). The van der Waals surface area contributed by atoms with Crippen LogP contribution in [0.2, 0.25) is 10.0 Å². The topological polar surface area (TPSA) is 26.3 Å². The summed E-state index contributed by atoms with van der Waals surface area (Å²) in [4.78, 5) is 11.7. The molecule has 0 spiro atoms. The van der Waals surface area contributed by atoms with E-state index in [-0.39, 0.29) is 0 Å². The van der Waals surface area contributed by atoms with Gasteiger partial charge in [0, 0.05) is 10.0 Å². The second-order valence-electron chi connectivity index (χ2n) is 3.69. The first-order valence-electron chi connectivity index (χ1n) is 5.25. The van der Waals surface area contributed by atoms with Crippen LogP contribution in [0.1, 0.15) is 10.4 Å². The van der Waals surface area contributed by atoms with Gasteiger partial charge in [0.25, 0.3) is 0 Å². The number of esters is 1. The lowest BCUT2D eigenvalue weighted by Gasteiger charge is -2.08. The zero-order valence-electron chi connectivity index (χ0n) is 9.61. The first-order valence-corrected chi connectivity index (χ1v) is 6.01. The average molecular weight is 281 g/mol. The van der Waals surface area contributed by atoms with Crippen molar-refractivity contribution >= 4 is 29.2 Å². The predicted octanol–water partition coefficient (Wildman–Crippen LogP) is 4.45. The van der Waals surface area contributed by atoms with Gasteiger partial charge in [-0.1, -0.05) is 35.3 Å². The highest BCUT2D eigenvalue weighted by atomic mass is 35.5. The van der Waals surface area contributed by atoms with E-state index in [4.69, 9.17) is 27.9 Å². The second-order valence-corrected chi connectivity index (χ2v) is 4.56. The molecule has 92 valence electrons. The van der Waals surface area contributed by atoms with Crippen molar-refractivity contribution in [3.63, 3.8) is 0 Å². The lowest BCUT2D eigenvalue weighted by Crippen LogP contribution is -2.03. The fraction of sp³-hybridized carbons (Fsp3) is 0.0714. The maximum absolute atomic E-state index is 11.7. The van der Waals surface area contributed by atoms with Crippen molar-refractivity contribution in [1.29, 1.82) is 0 Å². The molecule has 18 heavy (non-hydrogen) atoms. The number of hydrogen-bond acceptors (Lipinski definition) is 2. The fourth-order valence-electron chi connectivity index (χ4n) is 1.67. The first kappa shape index (κ1) is 12.9. The number of halogens is 2. The fourth-order valence-corrected chi connectivity index (χ4v) is 1.97. The molecule has 0 aliphatic carbocycles. The molecule has 0 aliphatic heterocycles. The molecule has 0 N–H and O–H groups in total. The monoisotopic (exact) mass is 280 g/mol. The van der Waals surface area contributed by atoms with Crippen molar-refractivity contribution in [2.75, 3.05) is 7.11 Å². The molecule has 0 saturated heterocycles. The van der Waals surface area contributed by atoms with E-state index in [9.17, 15) is 4.79 Å². The summed E-state index contributed by atoms with van der Waals surface area (Å²) in [6.45, 7) is 0. The molecule has 0 unspecified atom stereocenters. The highest BCUT2D eigenvalue weighted by Gasteiger charge is 2.13. The Labute approximate surface area is 115 Å². The van der Waals surface area contributed by atoms with Gasteiger partial charge >= 0.3 is 5.97 Å². The molecule has 2 nitrogen and oxygen atoms in total. The maximum atomic E-state index is 11.7. The summed E-state index contributed by atoms with van der Waals surface area (Å²) >= 11 is 11.8. The third kappa shape index (κ3) is 2.66. The lowest BCUT2D eigenvalue weighted by atomic mass is 10.00. The number of hydrogen-bond donors (Lipinski definition) is 0. The van der Waals surface area contributed by atoms with Gasteiger partial charge in [0.2, 0.25) is 0 Å². The number of rotatable bonds is 2. The SMILES string of the molecule is COC(=O)c1ccc(Cl)cc1-c1ccc(Cl)cc1. The maximum Gasteiger partial charge on any atom is 0.338 e. The third-order valence-electron chi connectivity index (χ3n) is 2.54. The Morgan fingerprint density at radius 2 is 1.61 bits per heavy atom. The summed E-state index contributed by atoms with van der Waals surface area (Å²) in [5, 5.41) is 1.20. The molecule has 2 aromatic carbocycles. The molecule has 0 aromatic heterocycles. The van der Waals surface area contributed by atoms with Crippen LogP contribution in [0.4, 0.5) is 0 Å². The average Bonchev–Trinajstić information content (AvgIpc) is 2.38. The van der Waals surface area contributed by atoms with Gasteiger partial charge in [-0.3, -0.25) is 0 Å². The van der Waals surface area contributed by atoms with E-state index in [1.165, 1.54) is 7.11 Å². The van der Waals surface area contributed by atoms with Gasteiger partial charge < -0.3 is 4.74 Å². The zero-order valence-corrected chi connectivity index (χ0v) is 11.1. The van der Waals surface area contributed by atoms with E-state index in [0.717, 1.165) is 11.1 Å². The van der Waals surface area contributed by atoms with Crippen LogP contribution in [0.25, 0.3) is 11.1 Å². The van der Waals surface area contributed by atoms with Gasteiger partial charge in [-0.15, -0.1) is 0 Å². The summed E-state index contributed by atoms with van der Waals surface area (Å²) in [6, 6.07) is 12.2. The summed E-state index contributed by atoms with van der Waals surface area (Å²) < 4.78 is 4.75. The quantitative estimate of drug-likeness (QED) is 0.760. The Morgan fingerprint density at radius 1 is 1.00 bits per heavy atom. The number of carbonyl (C=O) groups excluding carboxylic acids is 1. The number of ether oxygens (including phenoxy) is 1. The molecular formula is C14H10Cl2O2. The summed E-state index contributed by atoms with van der Waals surface area (Å²) in [5.74, 6) is -0.392. The second kappa shape index (κ2) is 5.42. The molecule has 0 fully saturated rings. The van der Waals surface area contributed by atoms with Crippen LogP contribution in [0.5, 0.6) is 0 Å². The van der Waals surface area contributed by atoms with Crippen LogP contribution in [-0.2, 0) is 4.74 Å². The van der Waals surface area contributed by atoms with Gasteiger partial charge in [0.15, 0.2) is 0 Å². The van der Waals surface area contributed by atoms with Crippen molar-refractivity contribution in [2.24, 2.45) is 0 Å². The van der Waals surface area contributed by atoms with Crippen molar-refractivity contribution < 1.29 is 9.53 Å². The van der Waals surface area contributed by atoms with E-state index < -0.39 is 5.97 Å². The summed E-state index contributed by atoms with van der Waals surface area (Å²) in [6.07, 6.45) is 0. The third-order valence-corrected chi connectivity index (χ3v) is 3.03. The predicted molar refractivity (Wildman–Crippen MR) is 73.2 cm³/mol. The van der Waals surface area contributed by atoms with E-state index in [2.05, 4.69) is 0 Å². The summed E-state index contributed by atoms with van der Waals surface area (Å²) in [7, 11) is 1.35. The minimum absolute atomic E-state index is 0.392. The van der Waals surface area contributed by atoms with E-state index >= 15 is 0 Å². The Bertz CT molecular complexity index is 577. The largest absolute Gasteiger partial charge is 0.465 e. The minimum atomic E-state index is -0.392. The van der Waals surface area contributed by atoms with E-state index in [1.54, 1.807) is 30.3 Å². The van der Waals surface area contributed by atoms with Crippen LogP contribution in [0.15, 0.2) is 42.5 Å². The zero-order chi connectivity index (χ0) is 13.1. The molecule has 0 bridgehead atoms. The van der Waals surface area contributed by atoms with Crippen molar-refractivity contribution in [1.82, 2.24) is 0 Å². The smallest absolute Gasteiger partial charge is 0.338 e. The van der Waals surface area contributed by atoms with Gasteiger partial charge in [0.05, 0.1) is 12.7 Å². The van der Waals surface area contributed by atoms with Crippen molar-refractivity contribution in [3.8, 4) is 11.1 Å². The highest BCUT2D eigenvalue weighted by Crippen LogP contribution is 2.28. The Morgan fingerprint density at radius 3 is 2.22 bits per heavy atom. The molecule has 0 amide bonds. The van der Waals surface area contributed by atoms with Crippen LogP contribution < -0.4 is 0 Å². The molecule has 0 radical (unpaired) electrons.